The average molecular weight is 314 g/mol. The van der Waals surface area contributed by atoms with Crippen LogP contribution in [0.1, 0.15) is 61.3 Å². The number of nitrogens with one attached hydrogen (secondary N) is 1. The second-order valence-electron chi connectivity index (χ2n) is 7.77. The Kier molecular flexibility index (Phi) is 5.70. The molecule has 1 fully saturated rings. The average Bonchev–Trinajstić information content (AvgIpc) is 2.66. The van der Waals surface area contributed by atoms with Gasteiger partial charge in [-0.05, 0) is 54.4 Å². The van der Waals surface area contributed by atoms with Gasteiger partial charge >= 0.3 is 12.2 Å². The SMILES string of the molecule is CC[C@@H]1C[C@H](NC(=O)OC(C)(C)C)CN1C(=O)OC(C)(C)C. The predicted molar refractivity (Wildman–Crippen MR) is 84.8 cm³/mol. The van der Waals surface area contributed by atoms with Crippen molar-refractivity contribution < 1.29 is 19.1 Å². The van der Waals surface area contributed by atoms with E-state index in [0.29, 0.717) is 6.54 Å². The first-order valence-corrected chi connectivity index (χ1v) is 7.90. The van der Waals surface area contributed by atoms with Crippen LogP contribution in [0.25, 0.3) is 0 Å². The largest absolute Gasteiger partial charge is 0.444 e. The van der Waals surface area contributed by atoms with Crippen molar-refractivity contribution in [2.75, 3.05) is 6.54 Å². The van der Waals surface area contributed by atoms with Gasteiger partial charge in [-0.1, -0.05) is 6.92 Å². The highest BCUT2D eigenvalue weighted by Gasteiger charge is 2.37. The van der Waals surface area contributed by atoms with Crippen molar-refractivity contribution in [1.82, 2.24) is 10.2 Å². The zero-order valence-corrected chi connectivity index (χ0v) is 14.9. The molecule has 0 aromatic carbocycles. The molecule has 0 saturated carbocycles. The summed E-state index contributed by atoms with van der Waals surface area (Å²) in [5.74, 6) is 0. The molecule has 128 valence electrons. The van der Waals surface area contributed by atoms with Crippen LogP contribution in [-0.4, -0.2) is 46.9 Å². The lowest BCUT2D eigenvalue weighted by molar-refractivity contribution is 0.0215. The molecule has 6 heteroatoms. The van der Waals surface area contributed by atoms with Crippen molar-refractivity contribution >= 4 is 12.2 Å². The van der Waals surface area contributed by atoms with E-state index in [0.717, 1.165) is 12.8 Å². The number of carbonyl (C=O) groups is 2. The van der Waals surface area contributed by atoms with Crippen molar-refractivity contribution in [3.05, 3.63) is 0 Å². The Hall–Kier alpha value is -1.46. The molecule has 2 atom stereocenters. The van der Waals surface area contributed by atoms with Crippen molar-refractivity contribution in [2.45, 2.75) is 84.6 Å². The Bertz CT molecular complexity index is 409. The molecular weight excluding hydrogens is 284 g/mol. The van der Waals surface area contributed by atoms with E-state index in [9.17, 15) is 9.59 Å². The van der Waals surface area contributed by atoms with Crippen LogP contribution in [0.2, 0.25) is 0 Å². The number of likely N-dealkylation sites (tertiary alicyclic amines) is 1. The number of amides is 2. The van der Waals surface area contributed by atoms with E-state index in [-0.39, 0.29) is 18.2 Å². The van der Waals surface area contributed by atoms with Gasteiger partial charge in [0.15, 0.2) is 0 Å². The van der Waals surface area contributed by atoms with E-state index in [1.165, 1.54) is 0 Å². The lowest BCUT2D eigenvalue weighted by Gasteiger charge is -2.28. The van der Waals surface area contributed by atoms with E-state index in [2.05, 4.69) is 5.32 Å². The lowest BCUT2D eigenvalue weighted by atomic mass is 10.1. The number of nitrogens with zero attached hydrogens (tertiary/aromatic N) is 1. The van der Waals surface area contributed by atoms with Gasteiger partial charge in [0.25, 0.3) is 0 Å². The molecule has 0 aliphatic carbocycles. The van der Waals surface area contributed by atoms with Crippen molar-refractivity contribution in [3.63, 3.8) is 0 Å². The number of alkyl carbamates (subject to hydrolysis) is 1. The molecule has 0 aromatic heterocycles. The second kappa shape index (κ2) is 6.75. The topological polar surface area (TPSA) is 67.9 Å². The fraction of sp³-hybridized carbons (Fsp3) is 0.875. The summed E-state index contributed by atoms with van der Waals surface area (Å²) in [6, 6.07) is -0.0258. The summed E-state index contributed by atoms with van der Waals surface area (Å²) in [6.45, 7) is 13.5. The molecule has 6 nitrogen and oxygen atoms in total. The minimum absolute atomic E-state index is 0.0785. The fourth-order valence-corrected chi connectivity index (χ4v) is 2.43. The predicted octanol–water partition coefficient (Wildman–Crippen LogP) is 3.30. The molecule has 0 aromatic rings. The van der Waals surface area contributed by atoms with Crippen molar-refractivity contribution in [3.8, 4) is 0 Å². The quantitative estimate of drug-likeness (QED) is 0.849. The molecule has 1 aliphatic heterocycles. The molecule has 0 radical (unpaired) electrons. The summed E-state index contributed by atoms with van der Waals surface area (Å²) in [5, 5.41) is 2.84. The Morgan fingerprint density at radius 2 is 1.64 bits per heavy atom. The van der Waals surface area contributed by atoms with Gasteiger partial charge < -0.3 is 19.7 Å². The van der Waals surface area contributed by atoms with Crippen LogP contribution in [0.5, 0.6) is 0 Å². The number of carbonyl (C=O) groups excluding carboxylic acids is 2. The van der Waals surface area contributed by atoms with Gasteiger partial charge in [0.1, 0.15) is 11.2 Å². The number of hydrogen-bond donors (Lipinski definition) is 1. The van der Waals surface area contributed by atoms with Gasteiger partial charge in [0.2, 0.25) is 0 Å². The highest BCUT2D eigenvalue weighted by atomic mass is 16.6. The summed E-state index contributed by atoms with van der Waals surface area (Å²) in [4.78, 5) is 25.8. The maximum atomic E-state index is 12.3. The maximum Gasteiger partial charge on any atom is 0.410 e. The maximum absolute atomic E-state index is 12.3. The molecule has 0 spiro atoms. The van der Waals surface area contributed by atoms with Crippen LogP contribution < -0.4 is 5.32 Å². The minimum Gasteiger partial charge on any atom is -0.444 e. The van der Waals surface area contributed by atoms with Gasteiger partial charge in [-0.2, -0.15) is 0 Å². The van der Waals surface area contributed by atoms with Gasteiger partial charge in [-0.3, -0.25) is 0 Å². The van der Waals surface area contributed by atoms with Crippen molar-refractivity contribution in [2.24, 2.45) is 0 Å². The molecule has 2 amide bonds. The van der Waals surface area contributed by atoms with E-state index in [4.69, 9.17) is 9.47 Å². The zero-order chi connectivity index (χ0) is 17.1. The van der Waals surface area contributed by atoms with E-state index in [1.807, 2.05) is 48.5 Å². The van der Waals surface area contributed by atoms with Crippen LogP contribution in [0.4, 0.5) is 9.59 Å². The third kappa shape index (κ3) is 6.12. The first-order valence-electron chi connectivity index (χ1n) is 7.90. The third-order valence-electron chi connectivity index (χ3n) is 3.23. The Balaban J connectivity index is 2.61. The van der Waals surface area contributed by atoms with Gasteiger partial charge in [0.05, 0.1) is 6.04 Å². The van der Waals surface area contributed by atoms with Gasteiger partial charge in [-0.15, -0.1) is 0 Å². The summed E-state index contributed by atoms with van der Waals surface area (Å²) in [6.07, 6.45) is 0.770. The molecule has 1 heterocycles. The van der Waals surface area contributed by atoms with E-state index in [1.54, 1.807) is 4.90 Å². The van der Waals surface area contributed by atoms with Crippen LogP contribution in [0.15, 0.2) is 0 Å². The Labute approximate surface area is 133 Å². The molecule has 1 rings (SSSR count). The standard InChI is InChI=1S/C16H30N2O4/c1-8-12-9-11(17-13(19)21-15(2,3)4)10-18(12)14(20)22-16(5,6)7/h11-12H,8-10H2,1-7H3,(H,17,19)/t11-,12+/m0/s1. The first kappa shape index (κ1) is 18.6. The van der Waals surface area contributed by atoms with Gasteiger partial charge in [-0.25, -0.2) is 9.59 Å². The monoisotopic (exact) mass is 314 g/mol. The highest BCUT2D eigenvalue weighted by molar-refractivity contribution is 5.70. The number of rotatable bonds is 2. The van der Waals surface area contributed by atoms with Crippen molar-refractivity contribution in [1.29, 1.82) is 0 Å². The molecule has 1 saturated heterocycles. The second-order valence-corrected chi connectivity index (χ2v) is 7.77. The molecule has 1 aliphatic rings. The molecular formula is C16H30N2O4. The lowest BCUT2D eigenvalue weighted by Crippen LogP contribution is -2.43. The smallest absolute Gasteiger partial charge is 0.410 e. The molecule has 1 N–H and O–H groups in total. The molecule has 0 bridgehead atoms. The minimum atomic E-state index is -0.530. The summed E-state index contributed by atoms with van der Waals surface area (Å²) >= 11 is 0. The summed E-state index contributed by atoms with van der Waals surface area (Å²) in [7, 11) is 0. The molecule has 22 heavy (non-hydrogen) atoms. The van der Waals surface area contributed by atoms with Crippen LogP contribution in [0, 0.1) is 0 Å². The fourth-order valence-electron chi connectivity index (χ4n) is 2.43. The first-order chi connectivity index (χ1) is 9.91. The van der Waals surface area contributed by atoms with Crippen LogP contribution in [0.3, 0.4) is 0 Å². The number of ether oxygens (including phenoxy) is 2. The summed E-state index contributed by atoms with van der Waals surface area (Å²) < 4.78 is 10.7. The summed E-state index contributed by atoms with van der Waals surface area (Å²) in [5.41, 5.74) is -1.05. The molecule has 0 unspecified atom stereocenters. The highest BCUT2D eigenvalue weighted by Crippen LogP contribution is 2.23. The number of hydrogen-bond acceptors (Lipinski definition) is 4. The Morgan fingerprint density at radius 1 is 1.09 bits per heavy atom. The van der Waals surface area contributed by atoms with Gasteiger partial charge in [0, 0.05) is 12.6 Å². The van der Waals surface area contributed by atoms with E-state index >= 15 is 0 Å². The third-order valence-corrected chi connectivity index (χ3v) is 3.23. The van der Waals surface area contributed by atoms with Crippen LogP contribution >= 0.6 is 0 Å². The normalized spacial score (nSPS) is 22.4. The van der Waals surface area contributed by atoms with Crippen LogP contribution in [-0.2, 0) is 9.47 Å². The zero-order valence-electron chi connectivity index (χ0n) is 14.9. The van der Waals surface area contributed by atoms with E-state index < -0.39 is 17.3 Å². The Morgan fingerprint density at radius 3 is 2.09 bits per heavy atom.